The summed E-state index contributed by atoms with van der Waals surface area (Å²) in [4.78, 5) is 0. The summed E-state index contributed by atoms with van der Waals surface area (Å²) in [6, 6.07) is 7.32. The van der Waals surface area contributed by atoms with Gasteiger partial charge in [-0.25, -0.2) is 8.78 Å². The van der Waals surface area contributed by atoms with E-state index in [4.69, 9.17) is 20.5 Å². The summed E-state index contributed by atoms with van der Waals surface area (Å²) >= 11 is 0. The minimum Gasteiger partial charge on any atom is -0.488 e. The van der Waals surface area contributed by atoms with Gasteiger partial charge in [0.1, 0.15) is 24.0 Å². The Hall–Kier alpha value is -2.49. The Bertz CT molecular complexity index is 888. The number of hydrogen-bond acceptors (Lipinski definition) is 4. The van der Waals surface area contributed by atoms with Crippen molar-refractivity contribution in [3.05, 3.63) is 52.6 Å². The molecule has 1 fully saturated rings. The predicted octanol–water partition coefficient (Wildman–Crippen LogP) is 3.03. The maximum absolute atomic E-state index is 14.5. The number of nitriles is 1. The third-order valence-corrected chi connectivity index (χ3v) is 4.73. The Kier molecular flexibility index (Phi) is 3.91. The van der Waals surface area contributed by atoms with Crippen LogP contribution in [0.4, 0.5) is 8.78 Å². The quantitative estimate of drug-likeness (QED) is 0.931. The highest BCUT2D eigenvalue weighted by Gasteiger charge is 2.28. The number of halogens is 2. The molecular weight excluding hydrogens is 326 g/mol. The second-order valence-corrected chi connectivity index (χ2v) is 6.43. The molecule has 0 spiro atoms. The largest absolute Gasteiger partial charge is 0.488 e. The van der Waals surface area contributed by atoms with Gasteiger partial charge in [-0.1, -0.05) is 0 Å². The van der Waals surface area contributed by atoms with Crippen LogP contribution in [0.5, 0.6) is 5.75 Å². The molecule has 2 aliphatic heterocycles. The molecule has 2 aliphatic rings. The average molecular weight is 342 g/mol. The predicted molar refractivity (Wildman–Crippen MR) is 87.0 cm³/mol. The van der Waals surface area contributed by atoms with Gasteiger partial charge in [0.2, 0.25) is 0 Å². The van der Waals surface area contributed by atoms with Crippen LogP contribution >= 0.6 is 0 Å². The van der Waals surface area contributed by atoms with Gasteiger partial charge in [0.05, 0.1) is 25.3 Å². The van der Waals surface area contributed by atoms with E-state index in [1.54, 1.807) is 12.1 Å². The molecule has 0 aliphatic carbocycles. The zero-order valence-corrected chi connectivity index (χ0v) is 13.4. The first kappa shape index (κ1) is 16.0. The van der Waals surface area contributed by atoms with Crippen molar-refractivity contribution >= 4 is 0 Å². The van der Waals surface area contributed by atoms with E-state index >= 15 is 0 Å². The fourth-order valence-corrected chi connectivity index (χ4v) is 3.25. The van der Waals surface area contributed by atoms with Gasteiger partial charge in [-0.05, 0) is 41.0 Å². The Morgan fingerprint density at radius 2 is 1.96 bits per heavy atom. The van der Waals surface area contributed by atoms with Crippen LogP contribution in [-0.2, 0) is 17.8 Å². The second-order valence-electron chi connectivity index (χ2n) is 6.43. The molecule has 2 N–H and O–H groups in total. The molecule has 0 bridgehead atoms. The van der Waals surface area contributed by atoms with Gasteiger partial charge < -0.3 is 15.2 Å². The van der Waals surface area contributed by atoms with Gasteiger partial charge >= 0.3 is 0 Å². The Labute approximate surface area is 143 Å². The Morgan fingerprint density at radius 3 is 2.64 bits per heavy atom. The molecule has 1 unspecified atom stereocenters. The normalized spacial score (nSPS) is 16.9. The van der Waals surface area contributed by atoms with Crippen LogP contribution in [0.15, 0.2) is 24.3 Å². The molecule has 128 valence electrons. The summed E-state index contributed by atoms with van der Waals surface area (Å²) in [5.41, 5.74) is 8.59. The van der Waals surface area contributed by atoms with Crippen LogP contribution in [0.1, 0.15) is 22.6 Å². The van der Waals surface area contributed by atoms with Crippen molar-refractivity contribution in [2.24, 2.45) is 5.73 Å². The standard InChI is InChI=1S/C19H16F2N2O2/c20-17-5-16-14-4-15(12-7-24-8-12)18(21)2-11(14)9-25-19(16)3-10(17)1-13(23)6-22/h2-5,12-13H,1,7-9,23H2. The molecule has 2 heterocycles. The molecule has 25 heavy (non-hydrogen) atoms. The lowest BCUT2D eigenvalue weighted by Gasteiger charge is -2.29. The summed E-state index contributed by atoms with van der Waals surface area (Å²) < 4.78 is 39.6. The van der Waals surface area contributed by atoms with Crippen LogP contribution in [0, 0.1) is 23.0 Å². The number of rotatable bonds is 3. The summed E-state index contributed by atoms with van der Waals surface area (Å²) in [5, 5.41) is 8.82. The highest BCUT2D eigenvalue weighted by molar-refractivity contribution is 5.76. The van der Waals surface area contributed by atoms with Gasteiger partial charge in [0.15, 0.2) is 0 Å². The molecule has 1 saturated heterocycles. The molecule has 2 aromatic rings. The van der Waals surface area contributed by atoms with E-state index in [2.05, 4.69) is 0 Å². The lowest BCUT2D eigenvalue weighted by atomic mass is 9.88. The van der Waals surface area contributed by atoms with Crippen molar-refractivity contribution in [2.45, 2.75) is 25.0 Å². The topological polar surface area (TPSA) is 68.3 Å². The first-order valence-electron chi connectivity index (χ1n) is 8.07. The third-order valence-electron chi connectivity index (χ3n) is 4.73. The SMILES string of the molecule is N#CC(N)Cc1cc2c(cc1F)-c1cc(C3COC3)c(F)cc1CO2. The first-order valence-corrected chi connectivity index (χ1v) is 8.07. The highest BCUT2D eigenvalue weighted by Crippen LogP contribution is 2.41. The third kappa shape index (κ3) is 2.76. The van der Waals surface area contributed by atoms with E-state index < -0.39 is 11.9 Å². The van der Waals surface area contributed by atoms with Crippen molar-refractivity contribution in [2.75, 3.05) is 13.2 Å². The van der Waals surface area contributed by atoms with Crippen LogP contribution in [-0.4, -0.2) is 19.3 Å². The molecule has 0 aromatic heterocycles. The van der Waals surface area contributed by atoms with Crippen LogP contribution in [0.2, 0.25) is 0 Å². The van der Waals surface area contributed by atoms with Crippen LogP contribution < -0.4 is 10.5 Å². The fraction of sp³-hybridized carbons (Fsp3) is 0.316. The minimum absolute atomic E-state index is 0.0364. The Morgan fingerprint density at radius 1 is 1.16 bits per heavy atom. The monoisotopic (exact) mass is 342 g/mol. The van der Waals surface area contributed by atoms with E-state index in [1.165, 1.54) is 12.1 Å². The van der Waals surface area contributed by atoms with E-state index in [0.29, 0.717) is 41.2 Å². The van der Waals surface area contributed by atoms with E-state index in [9.17, 15) is 8.78 Å². The van der Waals surface area contributed by atoms with Gasteiger partial charge in [0, 0.05) is 23.5 Å². The van der Waals surface area contributed by atoms with Gasteiger partial charge in [-0.2, -0.15) is 5.26 Å². The zero-order valence-electron chi connectivity index (χ0n) is 13.4. The maximum atomic E-state index is 14.5. The van der Waals surface area contributed by atoms with Crippen molar-refractivity contribution in [3.8, 4) is 22.9 Å². The fourth-order valence-electron chi connectivity index (χ4n) is 3.25. The van der Waals surface area contributed by atoms with Crippen LogP contribution in [0.25, 0.3) is 11.1 Å². The smallest absolute Gasteiger partial charge is 0.128 e. The number of ether oxygens (including phenoxy) is 2. The van der Waals surface area contributed by atoms with Gasteiger partial charge in [0.25, 0.3) is 0 Å². The molecule has 0 saturated carbocycles. The first-order chi connectivity index (χ1) is 12.1. The number of hydrogen-bond donors (Lipinski definition) is 1. The number of fused-ring (bicyclic) bond motifs is 3. The maximum Gasteiger partial charge on any atom is 0.128 e. The second kappa shape index (κ2) is 6.10. The molecule has 4 nitrogen and oxygen atoms in total. The zero-order chi connectivity index (χ0) is 17.6. The van der Waals surface area contributed by atoms with Gasteiger partial charge in [-0.3, -0.25) is 0 Å². The number of nitrogens with zero attached hydrogens (tertiary/aromatic N) is 1. The number of nitrogens with two attached hydrogens (primary N) is 1. The number of benzene rings is 2. The van der Waals surface area contributed by atoms with Crippen molar-refractivity contribution in [1.29, 1.82) is 5.26 Å². The van der Waals surface area contributed by atoms with E-state index in [1.807, 2.05) is 6.07 Å². The van der Waals surface area contributed by atoms with Crippen molar-refractivity contribution in [3.63, 3.8) is 0 Å². The summed E-state index contributed by atoms with van der Waals surface area (Å²) in [6.45, 7) is 1.22. The van der Waals surface area contributed by atoms with E-state index in [-0.39, 0.29) is 24.8 Å². The van der Waals surface area contributed by atoms with Crippen molar-refractivity contribution in [1.82, 2.24) is 0 Å². The average Bonchev–Trinajstić information content (AvgIpc) is 2.55. The molecule has 6 heteroatoms. The summed E-state index contributed by atoms with van der Waals surface area (Å²) in [7, 11) is 0. The summed E-state index contributed by atoms with van der Waals surface area (Å²) in [5.74, 6) is -0.166. The van der Waals surface area contributed by atoms with Crippen LogP contribution in [0.3, 0.4) is 0 Å². The van der Waals surface area contributed by atoms with E-state index in [0.717, 1.165) is 5.56 Å². The minimum atomic E-state index is -0.775. The van der Waals surface area contributed by atoms with Crippen molar-refractivity contribution < 1.29 is 18.3 Å². The lowest BCUT2D eigenvalue weighted by molar-refractivity contribution is 0.00703. The molecule has 4 rings (SSSR count). The summed E-state index contributed by atoms with van der Waals surface area (Å²) in [6.07, 6.45) is 0.111. The highest BCUT2D eigenvalue weighted by atomic mass is 19.1. The molecular formula is C19H16F2N2O2. The lowest BCUT2D eigenvalue weighted by Crippen LogP contribution is -2.26. The Balaban J connectivity index is 1.78. The molecule has 0 radical (unpaired) electrons. The molecule has 0 amide bonds. The van der Waals surface area contributed by atoms with Gasteiger partial charge in [-0.15, -0.1) is 0 Å². The molecule has 2 aromatic carbocycles. The molecule has 1 atom stereocenters.